The van der Waals surface area contributed by atoms with Crippen LogP contribution in [0.15, 0.2) is 53.4 Å². The largest absolute Gasteiger partial charge is 0.488 e. The third-order valence-electron chi connectivity index (χ3n) is 4.32. The zero-order valence-corrected chi connectivity index (χ0v) is 14.9. The first-order valence-corrected chi connectivity index (χ1v) is 9.97. The van der Waals surface area contributed by atoms with Crippen molar-refractivity contribution in [1.82, 2.24) is 0 Å². The molecule has 0 heterocycles. The third kappa shape index (κ3) is 4.32. The number of nitrogens with zero attached hydrogens (tertiary/aromatic N) is 1. The molecule has 0 aliphatic heterocycles. The van der Waals surface area contributed by atoms with Gasteiger partial charge in [-0.3, -0.25) is 14.8 Å². The van der Waals surface area contributed by atoms with Gasteiger partial charge >= 0.3 is 0 Å². The maximum absolute atomic E-state index is 12.6. The van der Waals surface area contributed by atoms with Crippen molar-refractivity contribution in [2.75, 3.05) is 4.72 Å². The summed E-state index contributed by atoms with van der Waals surface area (Å²) in [6.45, 7) is 0. The summed E-state index contributed by atoms with van der Waals surface area (Å²) in [7, 11) is -3.81. The number of nitrogens with one attached hydrogen (secondary N) is 1. The van der Waals surface area contributed by atoms with Crippen LogP contribution in [0, 0.1) is 10.1 Å². The Morgan fingerprint density at radius 3 is 2.38 bits per heavy atom. The van der Waals surface area contributed by atoms with Crippen LogP contribution in [-0.2, 0) is 10.0 Å². The standard InChI is InChI=1S/C18H20N2O5S/c21-20(22)14-11-12-17(18(13-14)25-15-7-3-1-4-8-15)19-26(23,24)16-9-5-2-6-10-16/h2,5-6,9-13,15,19H,1,3-4,7-8H2. The number of rotatable bonds is 6. The number of hydrogen-bond donors (Lipinski definition) is 1. The summed E-state index contributed by atoms with van der Waals surface area (Å²) in [5.74, 6) is 0.186. The van der Waals surface area contributed by atoms with Crippen LogP contribution in [0.1, 0.15) is 32.1 Å². The molecule has 0 amide bonds. The van der Waals surface area contributed by atoms with Gasteiger partial charge in [0.25, 0.3) is 15.7 Å². The van der Waals surface area contributed by atoms with Crippen molar-refractivity contribution in [2.45, 2.75) is 43.1 Å². The number of non-ortho nitro benzene ring substituents is 1. The molecule has 26 heavy (non-hydrogen) atoms. The summed E-state index contributed by atoms with van der Waals surface area (Å²) in [5.41, 5.74) is 0.0588. The summed E-state index contributed by atoms with van der Waals surface area (Å²) in [6.07, 6.45) is 4.85. The normalized spacial score (nSPS) is 15.4. The first-order chi connectivity index (χ1) is 12.5. The molecule has 0 spiro atoms. The van der Waals surface area contributed by atoms with Crippen molar-refractivity contribution >= 4 is 21.4 Å². The molecule has 7 nitrogen and oxygen atoms in total. The molecule has 0 saturated heterocycles. The number of anilines is 1. The van der Waals surface area contributed by atoms with Gasteiger partial charge in [-0.2, -0.15) is 0 Å². The van der Waals surface area contributed by atoms with Gasteiger partial charge in [-0.1, -0.05) is 24.6 Å². The molecule has 0 unspecified atom stereocenters. The van der Waals surface area contributed by atoms with Gasteiger partial charge in [-0.05, 0) is 43.9 Å². The van der Waals surface area contributed by atoms with E-state index < -0.39 is 14.9 Å². The third-order valence-corrected chi connectivity index (χ3v) is 5.70. The van der Waals surface area contributed by atoms with E-state index >= 15 is 0 Å². The smallest absolute Gasteiger partial charge is 0.273 e. The van der Waals surface area contributed by atoms with E-state index in [2.05, 4.69) is 4.72 Å². The zero-order valence-electron chi connectivity index (χ0n) is 14.1. The highest BCUT2D eigenvalue weighted by atomic mass is 32.2. The van der Waals surface area contributed by atoms with Gasteiger partial charge in [-0.25, -0.2) is 8.42 Å². The lowest BCUT2D eigenvalue weighted by Gasteiger charge is -2.24. The van der Waals surface area contributed by atoms with E-state index in [1.54, 1.807) is 18.2 Å². The Balaban J connectivity index is 1.91. The molecular weight excluding hydrogens is 356 g/mol. The number of sulfonamides is 1. The van der Waals surface area contributed by atoms with Gasteiger partial charge in [0.1, 0.15) is 0 Å². The highest BCUT2D eigenvalue weighted by Crippen LogP contribution is 2.34. The molecule has 2 aromatic rings. The number of ether oxygens (including phenoxy) is 1. The number of hydrogen-bond acceptors (Lipinski definition) is 5. The van der Waals surface area contributed by atoms with Crippen molar-refractivity contribution in [1.29, 1.82) is 0 Å². The molecule has 2 aromatic carbocycles. The predicted octanol–water partition coefficient (Wildman–Crippen LogP) is 4.11. The Labute approximate surface area is 152 Å². The van der Waals surface area contributed by atoms with Crippen molar-refractivity contribution in [3.63, 3.8) is 0 Å². The fourth-order valence-corrected chi connectivity index (χ4v) is 4.06. The molecule has 1 fully saturated rings. The molecule has 1 aliphatic rings. The Morgan fingerprint density at radius 2 is 1.73 bits per heavy atom. The fraction of sp³-hybridized carbons (Fsp3) is 0.333. The molecular formula is C18H20N2O5S. The van der Waals surface area contributed by atoms with Crippen LogP contribution in [0.5, 0.6) is 5.75 Å². The second-order valence-electron chi connectivity index (χ2n) is 6.23. The quantitative estimate of drug-likeness (QED) is 0.604. The lowest BCUT2D eigenvalue weighted by molar-refractivity contribution is -0.384. The molecule has 3 rings (SSSR count). The molecule has 0 radical (unpaired) electrons. The first kappa shape index (κ1) is 18.2. The summed E-state index contributed by atoms with van der Waals surface area (Å²) in [5, 5.41) is 11.1. The van der Waals surface area contributed by atoms with E-state index in [1.807, 2.05) is 0 Å². The van der Waals surface area contributed by atoms with Gasteiger partial charge in [0.2, 0.25) is 0 Å². The van der Waals surface area contributed by atoms with Crippen LogP contribution in [0.25, 0.3) is 0 Å². The molecule has 0 aromatic heterocycles. The molecule has 1 N–H and O–H groups in total. The van der Waals surface area contributed by atoms with Crippen LogP contribution in [-0.4, -0.2) is 19.4 Å². The highest BCUT2D eigenvalue weighted by Gasteiger charge is 2.22. The number of nitro groups is 1. The predicted molar refractivity (Wildman–Crippen MR) is 97.8 cm³/mol. The van der Waals surface area contributed by atoms with E-state index in [-0.39, 0.29) is 28.1 Å². The zero-order chi connectivity index (χ0) is 18.6. The molecule has 0 bridgehead atoms. The molecule has 8 heteroatoms. The Hall–Kier alpha value is -2.61. The minimum absolute atomic E-state index is 0.0641. The lowest BCUT2D eigenvalue weighted by atomic mass is 9.98. The van der Waals surface area contributed by atoms with E-state index in [4.69, 9.17) is 4.74 Å². The van der Waals surface area contributed by atoms with Gasteiger partial charge in [-0.15, -0.1) is 0 Å². The molecule has 0 atom stereocenters. The number of benzene rings is 2. The second-order valence-corrected chi connectivity index (χ2v) is 7.92. The van der Waals surface area contributed by atoms with E-state index in [1.165, 1.54) is 30.3 Å². The molecule has 1 aliphatic carbocycles. The van der Waals surface area contributed by atoms with Gasteiger partial charge in [0.15, 0.2) is 5.75 Å². The maximum Gasteiger partial charge on any atom is 0.273 e. The average Bonchev–Trinajstić information content (AvgIpc) is 2.64. The van der Waals surface area contributed by atoms with Crippen LogP contribution in [0.2, 0.25) is 0 Å². The molecule has 1 saturated carbocycles. The van der Waals surface area contributed by atoms with Crippen LogP contribution in [0.4, 0.5) is 11.4 Å². The van der Waals surface area contributed by atoms with Crippen LogP contribution < -0.4 is 9.46 Å². The molecule has 138 valence electrons. The maximum atomic E-state index is 12.6. The minimum atomic E-state index is -3.81. The van der Waals surface area contributed by atoms with E-state index in [0.717, 1.165) is 32.1 Å². The first-order valence-electron chi connectivity index (χ1n) is 8.49. The van der Waals surface area contributed by atoms with Crippen LogP contribution >= 0.6 is 0 Å². The highest BCUT2D eigenvalue weighted by molar-refractivity contribution is 7.92. The van der Waals surface area contributed by atoms with Crippen molar-refractivity contribution in [3.8, 4) is 5.75 Å². The summed E-state index contributed by atoms with van der Waals surface area (Å²) in [6, 6.07) is 11.9. The summed E-state index contributed by atoms with van der Waals surface area (Å²) >= 11 is 0. The van der Waals surface area contributed by atoms with Gasteiger partial charge in [0, 0.05) is 6.07 Å². The summed E-state index contributed by atoms with van der Waals surface area (Å²) < 4.78 is 33.5. The second kappa shape index (κ2) is 7.74. The Bertz CT molecular complexity index is 878. The van der Waals surface area contributed by atoms with Crippen molar-refractivity contribution < 1.29 is 18.1 Å². The van der Waals surface area contributed by atoms with Crippen molar-refractivity contribution in [3.05, 3.63) is 58.6 Å². The van der Waals surface area contributed by atoms with E-state index in [0.29, 0.717) is 0 Å². The van der Waals surface area contributed by atoms with Gasteiger partial charge < -0.3 is 4.74 Å². The van der Waals surface area contributed by atoms with Crippen LogP contribution in [0.3, 0.4) is 0 Å². The Kier molecular flexibility index (Phi) is 5.41. The van der Waals surface area contributed by atoms with Crippen molar-refractivity contribution in [2.24, 2.45) is 0 Å². The number of nitro benzene ring substituents is 1. The van der Waals surface area contributed by atoms with Gasteiger partial charge in [0.05, 0.1) is 27.7 Å². The SMILES string of the molecule is O=[N+]([O-])c1ccc(NS(=O)(=O)c2ccccc2)c(OC2CCCCC2)c1. The Morgan fingerprint density at radius 1 is 1.04 bits per heavy atom. The average molecular weight is 376 g/mol. The monoisotopic (exact) mass is 376 g/mol. The minimum Gasteiger partial charge on any atom is -0.488 e. The lowest BCUT2D eigenvalue weighted by Crippen LogP contribution is -2.21. The topological polar surface area (TPSA) is 98.5 Å². The fourth-order valence-electron chi connectivity index (χ4n) is 2.97. The van der Waals surface area contributed by atoms with E-state index in [9.17, 15) is 18.5 Å². The summed E-state index contributed by atoms with van der Waals surface area (Å²) in [4.78, 5) is 10.7.